The van der Waals surface area contributed by atoms with Crippen molar-refractivity contribution in [3.63, 3.8) is 0 Å². The van der Waals surface area contributed by atoms with Gasteiger partial charge < -0.3 is 15.1 Å². The highest BCUT2D eigenvalue weighted by Gasteiger charge is 2.29. The molecule has 2 aliphatic heterocycles. The molecule has 0 spiro atoms. The number of hydrogen-bond donors (Lipinski definition) is 1. The molecule has 0 radical (unpaired) electrons. The number of nitrogens with one attached hydrogen (secondary N) is 1. The minimum atomic E-state index is -0.168. The summed E-state index contributed by atoms with van der Waals surface area (Å²) >= 11 is 5.93. The van der Waals surface area contributed by atoms with Gasteiger partial charge in [-0.3, -0.25) is 9.59 Å². The third kappa shape index (κ3) is 4.64. The molecule has 7 nitrogen and oxygen atoms in total. The van der Waals surface area contributed by atoms with Gasteiger partial charge in [-0.05, 0) is 62.1 Å². The first kappa shape index (κ1) is 21.6. The SMILES string of the molecule is O=C(Nc1nc2ccccc2nc1N1CCCC1)C1CCN(C(=O)c2ccc(Cl)cc2)CC1. The summed E-state index contributed by atoms with van der Waals surface area (Å²) < 4.78 is 0. The smallest absolute Gasteiger partial charge is 0.253 e. The number of halogens is 1. The Morgan fingerprint density at radius 2 is 1.52 bits per heavy atom. The molecule has 8 heteroatoms. The van der Waals surface area contributed by atoms with Crippen molar-refractivity contribution in [1.29, 1.82) is 0 Å². The molecule has 2 saturated heterocycles. The van der Waals surface area contributed by atoms with Crippen molar-refractivity contribution in [2.24, 2.45) is 5.92 Å². The highest BCUT2D eigenvalue weighted by Crippen LogP contribution is 2.29. The Morgan fingerprint density at radius 3 is 2.18 bits per heavy atom. The third-order valence-electron chi connectivity index (χ3n) is 6.44. The molecule has 0 saturated carbocycles. The summed E-state index contributed by atoms with van der Waals surface area (Å²) in [7, 11) is 0. The molecule has 2 aromatic carbocycles. The van der Waals surface area contributed by atoms with Gasteiger partial charge in [0.15, 0.2) is 11.6 Å². The average molecular weight is 464 g/mol. The Balaban J connectivity index is 1.28. The molecule has 0 aliphatic carbocycles. The Kier molecular flexibility index (Phi) is 6.13. The van der Waals surface area contributed by atoms with Crippen molar-refractivity contribution in [2.75, 3.05) is 36.4 Å². The Bertz CT molecular complexity index is 1170. The normalized spacial score (nSPS) is 16.9. The van der Waals surface area contributed by atoms with Crippen LogP contribution < -0.4 is 10.2 Å². The van der Waals surface area contributed by atoms with E-state index in [2.05, 4.69) is 10.2 Å². The maximum absolute atomic E-state index is 13.1. The molecule has 0 atom stereocenters. The molecular formula is C25H26ClN5O2. The molecule has 3 heterocycles. The fourth-order valence-corrected chi connectivity index (χ4v) is 4.69. The molecule has 3 aromatic rings. The first-order valence-electron chi connectivity index (χ1n) is 11.5. The number of amides is 2. The van der Waals surface area contributed by atoms with Gasteiger partial charge in [0, 0.05) is 42.7 Å². The Morgan fingerprint density at radius 1 is 0.879 bits per heavy atom. The molecule has 0 unspecified atom stereocenters. The van der Waals surface area contributed by atoms with Crippen LogP contribution in [0.2, 0.25) is 5.02 Å². The zero-order valence-corrected chi connectivity index (χ0v) is 19.1. The molecular weight excluding hydrogens is 438 g/mol. The molecule has 2 aliphatic rings. The number of para-hydroxylation sites is 2. The minimum absolute atomic E-state index is 0.0257. The van der Waals surface area contributed by atoms with Gasteiger partial charge in [0.1, 0.15) is 0 Å². The number of carbonyl (C=O) groups is 2. The van der Waals surface area contributed by atoms with E-state index in [0.717, 1.165) is 42.8 Å². The number of benzene rings is 2. The average Bonchev–Trinajstić information content (AvgIpc) is 3.38. The van der Waals surface area contributed by atoms with Crippen LogP contribution in [-0.4, -0.2) is 52.9 Å². The lowest BCUT2D eigenvalue weighted by Crippen LogP contribution is -2.41. The van der Waals surface area contributed by atoms with Crippen LogP contribution in [-0.2, 0) is 4.79 Å². The van der Waals surface area contributed by atoms with Gasteiger partial charge in [-0.25, -0.2) is 9.97 Å². The van der Waals surface area contributed by atoms with Gasteiger partial charge in [0.25, 0.3) is 5.91 Å². The number of carbonyl (C=O) groups excluding carboxylic acids is 2. The van der Waals surface area contributed by atoms with Crippen LogP contribution >= 0.6 is 11.6 Å². The lowest BCUT2D eigenvalue weighted by atomic mass is 9.95. The highest BCUT2D eigenvalue weighted by molar-refractivity contribution is 6.30. The second-order valence-electron chi connectivity index (χ2n) is 8.64. The van der Waals surface area contributed by atoms with Crippen LogP contribution in [0.15, 0.2) is 48.5 Å². The summed E-state index contributed by atoms with van der Waals surface area (Å²) in [6, 6.07) is 14.6. The van der Waals surface area contributed by atoms with Crippen molar-refractivity contribution in [3.05, 3.63) is 59.1 Å². The van der Waals surface area contributed by atoms with Gasteiger partial charge in [-0.15, -0.1) is 0 Å². The molecule has 170 valence electrons. The quantitative estimate of drug-likeness (QED) is 0.621. The van der Waals surface area contributed by atoms with Crippen LogP contribution in [0.3, 0.4) is 0 Å². The van der Waals surface area contributed by atoms with Crippen molar-refractivity contribution >= 4 is 46.1 Å². The van der Waals surface area contributed by atoms with E-state index >= 15 is 0 Å². The monoisotopic (exact) mass is 463 g/mol. The first-order valence-corrected chi connectivity index (χ1v) is 11.8. The van der Waals surface area contributed by atoms with E-state index in [1.165, 1.54) is 0 Å². The van der Waals surface area contributed by atoms with Crippen molar-refractivity contribution in [1.82, 2.24) is 14.9 Å². The molecule has 0 bridgehead atoms. The van der Waals surface area contributed by atoms with Crippen LogP contribution in [0.1, 0.15) is 36.0 Å². The summed E-state index contributed by atoms with van der Waals surface area (Å²) in [5.74, 6) is 1.02. The van der Waals surface area contributed by atoms with Crippen molar-refractivity contribution in [2.45, 2.75) is 25.7 Å². The first-order chi connectivity index (χ1) is 16.1. The van der Waals surface area contributed by atoms with Crippen LogP contribution in [0.5, 0.6) is 0 Å². The maximum Gasteiger partial charge on any atom is 0.253 e. The number of fused-ring (bicyclic) bond motifs is 1. The molecule has 5 rings (SSSR count). The van der Waals surface area contributed by atoms with E-state index in [1.807, 2.05) is 24.3 Å². The van der Waals surface area contributed by atoms with Crippen molar-refractivity contribution < 1.29 is 9.59 Å². The van der Waals surface area contributed by atoms with Gasteiger partial charge in [-0.1, -0.05) is 23.7 Å². The molecule has 33 heavy (non-hydrogen) atoms. The standard InChI is InChI=1S/C25H26ClN5O2/c26-19-9-7-18(8-10-19)25(33)31-15-11-17(12-16-31)24(32)29-22-23(30-13-3-4-14-30)28-21-6-2-1-5-20(21)27-22/h1-2,5-10,17H,3-4,11-16H2,(H,27,29,32). The summed E-state index contributed by atoms with van der Waals surface area (Å²) in [5.41, 5.74) is 2.20. The van der Waals surface area contributed by atoms with Gasteiger partial charge >= 0.3 is 0 Å². The summed E-state index contributed by atoms with van der Waals surface area (Å²) in [4.78, 5) is 39.4. The zero-order chi connectivity index (χ0) is 22.8. The molecule has 2 fully saturated rings. The molecule has 1 aromatic heterocycles. The van der Waals surface area contributed by atoms with E-state index in [4.69, 9.17) is 21.6 Å². The van der Waals surface area contributed by atoms with Crippen LogP contribution in [0.4, 0.5) is 11.6 Å². The summed E-state index contributed by atoms with van der Waals surface area (Å²) in [5, 5.41) is 3.66. The predicted octanol–water partition coefficient (Wildman–Crippen LogP) is 4.37. The third-order valence-corrected chi connectivity index (χ3v) is 6.70. The van der Waals surface area contributed by atoms with Gasteiger partial charge in [0.05, 0.1) is 11.0 Å². The highest BCUT2D eigenvalue weighted by atomic mass is 35.5. The molecule has 2 amide bonds. The van der Waals surface area contributed by atoms with Gasteiger partial charge in [-0.2, -0.15) is 0 Å². The lowest BCUT2D eigenvalue weighted by Gasteiger charge is -2.31. The van der Waals surface area contributed by atoms with E-state index in [1.54, 1.807) is 29.2 Å². The number of rotatable bonds is 4. The topological polar surface area (TPSA) is 78.4 Å². The minimum Gasteiger partial charge on any atom is -0.354 e. The molecule has 1 N–H and O–H groups in total. The number of aromatic nitrogens is 2. The number of anilines is 2. The number of piperidine rings is 1. The Hall–Kier alpha value is -3.19. The van der Waals surface area contributed by atoms with E-state index in [-0.39, 0.29) is 17.7 Å². The lowest BCUT2D eigenvalue weighted by molar-refractivity contribution is -0.121. The predicted molar refractivity (Wildman–Crippen MR) is 130 cm³/mol. The second kappa shape index (κ2) is 9.35. The van der Waals surface area contributed by atoms with Crippen LogP contribution in [0.25, 0.3) is 11.0 Å². The van der Waals surface area contributed by atoms with E-state index in [0.29, 0.717) is 42.3 Å². The van der Waals surface area contributed by atoms with E-state index in [9.17, 15) is 9.59 Å². The summed E-state index contributed by atoms with van der Waals surface area (Å²) in [6.07, 6.45) is 3.46. The Labute approximate surface area is 197 Å². The van der Waals surface area contributed by atoms with Crippen molar-refractivity contribution in [3.8, 4) is 0 Å². The second-order valence-corrected chi connectivity index (χ2v) is 9.08. The summed E-state index contributed by atoms with van der Waals surface area (Å²) in [6.45, 7) is 2.92. The van der Waals surface area contributed by atoms with Crippen LogP contribution in [0, 0.1) is 5.92 Å². The van der Waals surface area contributed by atoms with E-state index < -0.39 is 0 Å². The largest absolute Gasteiger partial charge is 0.354 e. The zero-order valence-electron chi connectivity index (χ0n) is 18.3. The number of hydrogen-bond acceptors (Lipinski definition) is 5. The fraction of sp³-hybridized carbons (Fsp3) is 0.360. The fourth-order valence-electron chi connectivity index (χ4n) is 4.56. The number of nitrogens with zero attached hydrogens (tertiary/aromatic N) is 4. The van der Waals surface area contributed by atoms with Gasteiger partial charge in [0.2, 0.25) is 5.91 Å². The maximum atomic E-state index is 13.1. The number of likely N-dealkylation sites (tertiary alicyclic amines) is 1.